The topological polar surface area (TPSA) is 89.3 Å². The average molecular weight is 348 g/mol. The van der Waals surface area contributed by atoms with Crippen LogP contribution in [-0.4, -0.2) is 19.6 Å². The van der Waals surface area contributed by atoms with Gasteiger partial charge in [0.25, 0.3) is 0 Å². The van der Waals surface area contributed by atoms with Gasteiger partial charge in [0.05, 0.1) is 4.92 Å². The summed E-state index contributed by atoms with van der Waals surface area (Å²) in [4.78, 5) is 10.5. The number of para-hydroxylation sites is 1. The number of anilines is 1. The van der Waals surface area contributed by atoms with E-state index in [1.807, 2.05) is 39.0 Å². The van der Waals surface area contributed by atoms with E-state index in [1.54, 1.807) is 0 Å². The molecule has 0 aromatic heterocycles. The lowest BCUT2D eigenvalue weighted by molar-refractivity contribution is -0.386. The van der Waals surface area contributed by atoms with Gasteiger partial charge in [-0.3, -0.25) is 10.1 Å². The molecule has 2 aromatic carbocycles. The lowest BCUT2D eigenvalue weighted by Gasteiger charge is -2.19. The Morgan fingerprint density at radius 2 is 1.75 bits per heavy atom. The molecule has 0 aliphatic rings. The number of nitro benzene ring substituents is 1. The van der Waals surface area contributed by atoms with Gasteiger partial charge in [-0.2, -0.15) is 0 Å². The minimum Gasteiger partial charge on any atom is -0.373 e. The summed E-state index contributed by atoms with van der Waals surface area (Å²) in [7, 11) is -3.70. The van der Waals surface area contributed by atoms with Crippen molar-refractivity contribution in [2.75, 3.05) is 11.6 Å². The molecule has 0 spiro atoms. The number of aryl methyl sites for hydroxylation is 1. The first kappa shape index (κ1) is 17.9. The summed E-state index contributed by atoms with van der Waals surface area (Å²) >= 11 is 0. The third kappa shape index (κ3) is 3.56. The molecule has 0 saturated carbocycles. The number of nitro groups is 1. The van der Waals surface area contributed by atoms with Gasteiger partial charge in [0.1, 0.15) is 10.6 Å². The van der Waals surface area contributed by atoms with Crippen LogP contribution in [0.1, 0.15) is 29.7 Å². The Morgan fingerprint density at radius 1 is 1.12 bits per heavy atom. The van der Waals surface area contributed by atoms with Gasteiger partial charge in [0, 0.05) is 12.3 Å². The molecule has 1 N–H and O–H groups in total. The van der Waals surface area contributed by atoms with Gasteiger partial charge in [0.2, 0.25) is 0 Å². The van der Waals surface area contributed by atoms with E-state index in [0.29, 0.717) is 0 Å². The van der Waals surface area contributed by atoms with Gasteiger partial charge < -0.3 is 5.32 Å². The van der Waals surface area contributed by atoms with Gasteiger partial charge in [-0.15, -0.1) is 0 Å². The Bertz CT molecular complexity index is 891. The van der Waals surface area contributed by atoms with Crippen LogP contribution in [0.5, 0.6) is 0 Å². The number of sulfone groups is 1. The number of hydrogen-bond donors (Lipinski definition) is 1. The lowest BCUT2D eigenvalue weighted by atomic mass is 9.98. The van der Waals surface area contributed by atoms with Crippen LogP contribution in [0.2, 0.25) is 0 Å². The van der Waals surface area contributed by atoms with Crippen LogP contribution in [0.15, 0.2) is 41.3 Å². The minimum absolute atomic E-state index is 0.191. The summed E-state index contributed by atoms with van der Waals surface area (Å²) in [6.45, 7) is 5.88. The van der Waals surface area contributed by atoms with E-state index in [9.17, 15) is 18.5 Å². The molecule has 0 amide bonds. The Labute approximate surface area is 141 Å². The fourth-order valence-electron chi connectivity index (χ4n) is 2.68. The second kappa shape index (κ2) is 6.60. The van der Waals surface area contributed by atoms with Crippen LogP contribution in [0.3, 0.4) is 0 Å². The van der Waals surface area contributed by atoms with E-state index in [-0.39, 0.29) is 16.6 Å². The fourth-order valence-corrected chi connectivity index (χ4v) is 3.54. The zero-order valence-electron chi connectivity index (χ0n) is 14.0. The number of nitrogens with one attached hydrogen (secondary N) is 1. The van der Waals surface area contributed by atoms with Crippen LogP contribution in [0, 0.1) is 24.0 Å². The van der Waals surface area contributed by atoms with E-state index in [1.165, 1.54) is 18.2 Å². The molecule has 0 heterocycles. The SMILES string of the molecule is Cc1cccc(C(C)Nc2cccc(S(C)(=O)=O)c2[N+](=O)[O-])c1C. The van der Waals surface area contributed by atoms with E-state index < -0.39 is 20.4 Å². The minimum atomic E-state index is -3.70. The van der Waals surface area contributed by atoms with Crippen molar-refractivity contribution in [1.82, 2.24) is 0 Å². The predicted octanol–water partition coefficient (Wildman–Crippen LogP) is 3.79. The summed E-state index contributed by atoms with van der Waals surface area (Å²) in [5.41, 5.74) is 3.00. The van der Waals surface area contributed by atoms with Crippen LogP contribution in [0.4, 0.5) is 11.4 Å². The summed E-state index contributed by atoms with van der Waals surface area (Å²) in [6.07, 6.45) is 0.966. The molecule has 0 aliphatic heterocycles. The standard InChI is InChI=1S/C17H20N2O4S/c1-11-7-5-8-14(12(11)2)13(3)18-15-9-6-10-16(24(4,22)23)17(15)19(20)21/h5-10,13,18H,1-4H3. The van der Waals surface area contributed by atoms with E-state index in [4.69, 9.17) is 0 Å². The molecule has 24 heavy (non-hydrogen) atoms. The number of hydrogen-bond acceptors (Lipinski definition) is 5. The van der Waals surface area contributed by atoms with Crippen LogP contribution in [-0.2, 0) is 9.84 Å². The molecule has 7 heteroatoms. The second-order valence-corrected chi connectivity index (χ2v) is 7.82. The van der Waals surface area contributed by atoms with Crippen LogP contribution >= 0.6 is 0 Å². The Kier molecular flexibility index (Phi) is 4.94. The quantitative estimate of drug-likeness (QED) is 0.656. The Morgan fingerprint density at radius 3 is 2.33 bits per heavy atom. The van der Waals surface area contributed by atoms with Crippen molar-refractivity contribution in [2.24, 2.45) is 0 Å². The molecule has 1 atom stereocenters. The Balaban J connectivity index is 2.50. The predicted molar refractivity (Wildman–Crippen MR) is 94.2 cm³/mol. The molecule has 0 bridgehead atoms. The molecule has 0 saturated heterocycles. The van der Waals surface area contributed by atoms with E-state index >= 15 is 0 Å². The summed E-state index contributed by atoms with van der Waals surface area (Å²) in [6, 6.07) is 9.94. The maximum absolute atomic E-state index is 11.8. The normalized spacial score (nSPS) is 12.7. The first-order valence-corrected chi connectivity index (χ1v) is 9.32. The van der Waals surface area contributed by atoms with Crippen molar-refractivity contribution in [3.63, 3.8) is 0 Å². The molecular formula is C17H20N2O4S. The first-order valence-electron chi connectivity index (χ1n) is 7.43. The monoisotopic (exact) mass is 348 g/mol. The molecule has 0 aliphatic carbocycles. The van der Waals surface area contributed by atoms with Crippen LogP contribution in [0.25, 0.3) is 0 Å². The molecule has 128 valence electrons. The zero-order valence-corrected chi connectivity index (χ0v) is 14.8. The molecular weight excluding hydrogens is 328 g/mol. The van der Waals surface area contributed by atoms with E-state index in [2.05, 4.69) is 5.32 Å². The highest BCUT2D eigenvalue weighted by Crippen LogP contribution is 2.34. The smallest absolute Gasteiger partial charge is 0.310 e. The molecule has 2 aromatic rings. The van der Waals surface area contributed by atoms with Crippen LogP contribution < -0.4 is 5.32 Å². The fraction of sp³-hybridized carbons (Fsp3) is 0.294. The highest BCUT2D eigenvalue weighted by molar-refractivity contribution is 7.90. The maximum atomic E-state index is 11.8. The maximum Gasteiger partial charge on any atom is 0.310 e. The summed E-state index contributed by atoms with van der Waals surface area (Å²) in [5, 5.41) is 14.5. The number of nitrogens with zero attached hydrogens (tertiary/aromatic N) is 1. The largest absolute Gasteiger partial charge is 0.373 e. The first-order chi connectivity index (χ1) is 11.1. The van der Waals surface area contributed by atoms with Crippen molar-refractivity contribution in [1.29, 1.82) is 0 Å². The number of rotatable bonds is 5. The molecule has 2 rings (SSSR count). The van der Waals surface area contributed by atoms with Crippen molar-refractivity contribution in [3.8, 4) is 0 Å². The molecule has 0 fully saturated rings. The molecule has 0 radical (unpaired) electrons. The molecule has 6 nitrogen and oxygen atoms in total. The second-order valence-electron chi connectivity index (χ2n) is 5.84. The van der Waals surface area contributed by atoms with Gasteiger partial charge in [-0.1, -0.05) is 24.3 Å². The van der Waals surface area contributed by atoms with E-state index in [0.717, 1.165) is 22.9 Å². The third-order valence-electron chi connectivity index (χ3n) is 4.07. The highest BCUT2D eigenvalue weighted by atomic mass is 32.2. The average Bonchev–Trinajstić information content (AvgIpc) is 2.48. The van der Waals surface area contributed by atoms with Gasteiger partial charge >= 0.3 is 5.69 Å². The number of benzene rings is 2. The Hall–Kier alpha value is -2.41. The van der Waals surface area contributed by atoms with Gasteiger partial charge in [0.15, 0.2) is 9.84 Å². The van der Waals surface area contributed by atoms with Crippen molar-refractivity contribution in [3.05, 3.63) is 63.2 Å². The zero-order chi connectivity index (χ0) is 18.1. The van der Waals surface area contributed by atoms with Gasteiger partial charge in [-0.25, -0.2) is 8.42 Å². The molecule has 1 unspecified atom stereocenters. The summed E-state index contributed by atoms with van der Waals surface area (Å²) in [5.74, 6) is 0. The van der Waals surface area contributed by atoms with Crippen molar-refractivity contribution < 1.29 is 13.3 Å². The lowest BCUT2D eigenvalue weighted by Crippen LogP contribution is -2.12. The van der Waals surface area contributed by atoms with Gasteiger partial charge in [-0.05, 0) is 49.6 Å². The third-order valence-corrected chi connectivity index (χ3v) is 5.19. The summed E-state index contributed by atoms with van der Waals surface area (Å²) < 4.78 is 23.7. The van der Waals surface area contributed by atoms with Crippen molar-refractivity contribution in [2.45, 2.75) is 31.7 Å². The highest BCUT2D eigenvalue weighted by Gasteiger charge is 2.27. The van der Waals surface area contributed by atoms with Crippen molar-refractivity contribution >= 4 is 21.2 Å².